The summed E-state index contributed by atoms with van der Waals surface area (Å²) in [7, 11) is 0. The zero-order chi connectivity index (χ0) is 26.4. The van der Waals surface area contributed by atoms with Crippen LogP contribution in [0.4, 0.5) is 11.5 Å². The lowest BCUT2D eigenvalue weighted by atomic mass is 9.81. The molecule has 0 radical (unpaired) electrons. The summed E-state index contributed by atoms with van der Waals surface area (Å²) >= 11 is 1.59. The van der Waals surface area contributed by atoms with Gasteiger partial charge in [-0.1, -0.05) is 31.7 Å². The molecule has 0 bridgehead atoms. The minimum Gasteiger partial charge on any atom is -0.394 e. The van der Waals surface area contributed by atoms with Gasteiger partial charge >= 0.3 is 0 Å². The normalized spacial score (nSPS) is 28.8. The van der Waals surface area contributed by atoms with E-state index >= 15 is 0 Å². The number of ether oxygens (including phenoxy) is 1. The lowest BCUT2D eigenvalue weighted by Crippen LogP contribution is -2.36. The molecule has 2 aromatic heterocycles. The van der Waals surface area contributed by atoms with E-state index in [9.17, 15) is 10.2 Å². The summed E-state index contributed by atoms with van der Waals surface area (Å²) in [5.74, 6) is 1.85. The lowest BCUT2D eigenvalue weighted by molar-refractivity contribution is -0.0687. The number of nitrogens with zero attached hydrogens (tertiary/aromatic N) is 4. The molecule has 2 fully saturated rings. The summed E-state index contributed by atoms with van der Waals surface area (Å²) in [6.45, 7) is 4.08. The highest BCUT2D eigenvalue weighted by Gasteiger charge is 2.49. The van der Waals surface area contributed by atoms with Crippen LogP contribution in [0.25, 0.3) is 0 Å². The lowest BCUT2D eigenvalue weighted by Gasteiger charge is -2.28. The number of aliphatic hydroxyl groups excluding tert-OH is 3. The van der Waals surface area contributed by atoms with Gasteiger partial charge < -0.3 is 25.4 Å². The molecule has 37 heavy (non-hydrogen) atoms. The maximum absolute atomic E-state index is 10.7. The largest absolute Gasteiger partial charge is 0.394 e. The fourth-order valence-corrected chi connectivity index (χ4v) is 5.93. The molecule has 6 atom stereocenters. The first-order valence-corrected chi connectivity index (χ1v) is 14.0. The van der Waals surface area contributed by atoms with Crippen LogP contribution in [-0.2, 0) is 11.2 Å². The molecule has 6 unspecified atom stereocenters. The van der Waals surface area contributed by atoms with Gasteiger partial charge in [0.1, 0.15) is 11.8 Å². The Balaban J connectivity index is 1.46. The molecule has 10 nitrogen and oxygen atoms in total. The van der Waals surface area contributed by atoms with Gasteiger partial charge in [0, 0.05) is 30.1 Å². The van der Waals surface area contributed by atoms with Gasteiger partial charge in [-0.15, -0.1) is 0 Å². The van der Waals surface area contributed by atoms with Gasteiger partial charge in [0.25, 0.3) is 0 Å². The minimum absolute atomic E-state index is 0.123. The molecule has 4 rings (SSSR count). The van der Waals surface area contributed by atoms with Crippen LogP contribution in [-0.4, -0.2) is 73.6 Å². The molecule has 2 aliphatic carbocycles. The number of aliphatic hydroxyl groups is 3. The summed E-state index contributed by atoms with van der Waals surface area (Å²) < 4.78 is 5.55. The summed E-state index contributed by atoms with van der Waals surface area (Å²) in [4.78, 5) is 13.7. The Kier molecular flexibility index (Phi) is 9.46. The maximum Gasteiger partial charge on any atom is 0.189 e. The molecule has 2 saturated carbocycles. The number of hydrogen-bond acceptors (Lipinski definition) is 11. The van der Waals surface area contributed by atoms with Crippen molar-refractivity contribution in [3.05, 3.63) is 35.8 Å². The van der Waals surface area contributed by atoms with Crippen molar-refractivity contribution in [2.75, 3.05) is 24.3 Å². The third-order valence-corrected chi connectivity index (χ3v) is 8.43. The Morgan fingerprint density at radius 1 is 1.32 bits per heavy atom. The Bertz CT molecular complexity index is 1050. The van der Waals surface area contributed by atoms with Crippen molar-refractivity contribution in [2.45, 2.75) is 87.8 Å². The van der Waals surface area contributed by atoms with Crippen molar-refractivity contribution in [2.24, 2.45) is 10.5 Å². The predicted molar refractivity (Wildman–Crippen MR) is 141 cm³/mol. The van der Waals surface area contributed by atoms with Gasteiger partial charge in [0.2, 0.25) is 0 Å². The third kappa shape index (κ3) is 6.64. The van der Waals surface area contributed by atoms with Crippen LogP contribution in [0.15, 0.2) is 34.8 Å². The van der Waals surface area contributed by atoms with Crippen LogP contribution in [0.1, 0.15) is 63.1 Å². The molecule has 11 heteroatoms. The molecule has 202 valence electrons. The highest BCUT2D eigenvalue weighted by Crippen LogP contribution is 2.45. The number of nitrogens with one attached hydrogen (secondary N) is 2. The minimum atomic E-state index is -0.978. The molecule has 2 aromatic rings. The Morgan fingerprint density at radius 2 is 2.16 bits per heavy atom. The van der Waals surface area contributed by atoms with Crippen LogP contribution in [0.5, 0.6) is 0 Å². The summed E-state index contributed by atoms with van der Waals surface area (Å²) in [6, 6.07) is 4.23. The van der Waals surface area contributed by atoms with E-state index in [0.717, 1.165) is 24.3 Å². The molecule has 0 aromatic carbocycles. The number of anilines is 1. The Labute approximate surface area is 222 Å². The molecular weight excluding hydrogens is 492 g/mol. The van der Waals surface area contributed by atoms with E-state index in [4.69, 9.17) is 25.3 Å². The van der Waals surface area contributed by atoms with Crippen LogP contribution in [0.2, 0.25) is 0 Å². The van der Waals surface area contributed by atoms with Gasteiger partial charge in [-0.05, 0) is 55.6 Å². The summed E-state index contributed by atoms with van der Waals surface area (Å²) in [5, 5.41) is 38.2. The predicted octanol–water partition coefficient (Wildman–Crippen LogP) is 3.84. The van der Waals surface area contributed by atoms with Crippen LogP contribution in [0.3, 0.4) is 0 Å². The third-order valence-electron chi connectivity index (χ3n) is 7.38. The number of pyridine rings is 1. The topological polar surface area (TPSA) is 157 Å². The van der Waals surface area contributed by atoms with Gasteiger partial charge in [0.15, 0.2) is 11.0 Å². The van der Waals surface area contributed by atoms with E-state index in [-0.39, 0.29) is 19.3 Å². The quantitative estimate of drug-likeness (QED) is 0.139. The van der Waals surface area contributed by atoms with Gasteiger partial charge in [-0.25, -0.2) is 15.5 Å². The van der Waals surface area contributed by atoms with Crippen molar-refractivity contribution in [3.63, 3.8) is 0 Å². The average molecular weight is 531 g/mol. The van der Waals surface area contributed by atoms with Crippen molar-refractivity contribution in [3.8, 4) is 0 Å². The number of hydrogen-bond donors (Lipinski definition) is 5. The zero-order valence-electron chi connectivity index (χ0n) is 21.5. The first kappa shape index (κ1) is 27.8. The highest BCUT2D eigenvalue weighted by atomic mass is 32.2. The molecule has 0 saturated heterocycles. The van der Waals surface area contributed by atoms with E-state index in [1.807, 2.05) is 19.2 Å². The molecule has 5 N–H and O–H groups in total. The smallest absolute Gasteiger partial charge is 0.189 e. The van der Waals surface area contributed by atoms with E-state index in [2.05, 4.69) is 28.4 Å². The number of thioether (sulfide) groups is 1. The average Bonchev–Trinajstić information content (AvgIpc) is 3.64. The SMILES string of the molecule is CCCSc1nc(CCCC2(C)CC(OCCO)C(O)C2O)c(N=N)c(NC2CC2c2cccnc2)n1. The van der Waals surface area contributed by atoms with E-state index in [1.54, 1.807) is 18.0 Å². The van der Waals surface area contributed by atoms with Crippen LogP contribution >= 0.6 is 11.8 Å². The van der Waals surface area contributed by atoms with Gasteiger partial charge in [-0.2, -0.15) is 5.11 Å². The van der Waals surface area contributed by atoms with Crippen molar-refractivity contribution < 1.29 is 20.1 Å². The maximum atomic E-state index is 10.7. The van der Waals surface area contributed by atoms with E-state index < -0.39 is 23.7 Å². The fourth-order valence-electron chi connectivity index (χ4n) is 5.21. The standard InChI is InChI=1S/C26H38N6O4S/c1-3-12-37-25-30-18(7-4-8-26(2)14-20(36-11-10-33)22(34)23(26)35)21(32-27)24(31-25)29-19-13-17(19)16-6-5-9-28-15-16/h5-6,9,15,17,19-20,22-23,27,33-35H,3-4,7-8,10-14H2,1-2H3,(H,29,30,31). The number of aromatic nitrogens is 3. The number of aryl methyl sites for hydroxylation is 1. The van der Waals surface area contributed by atoms with Gasteiger partial charge in [-0.3, -0.25) is 4.98 Å². The van der Waals surface area contributed by atoms with Crippen LogP contribution < -0.4 is 5.32 Å². The Hall–Kier alpha value is -2.18. The number of rotatable bonds is 14. The van der Waals surface area contributed by atoms with E-state index in [0.29, 0.717) is 48.3 Å². The van der Waals surface area contributed by atoms with E-state index in [1.165, 1.54) is 5.56 Å². The summed E-state index contributed by atoms with van der Waals surface area (Å²) in [5.41, 5.74) is 9.72. The second-order valence-corrected chi connectivity index (χ2v) is 11.3. The van der Waals surface area contributed by atoms with Crippen LogP contribution in [0, 0.1) is 10.9 Å². The second-order valence-electron chi connectivity index (χ2n) is 10.3. The van der Waals surface area contributed by atoms with Gasteiger partial charge in [0.05, 0.1) is 31.1 Å². The summed E-state index contributed by atoms with van der Waals surface area (Å²) in [6.07, 6.45) is 5.69. The molecule has 0 amide bonds. The first-order chi connectivity index (χ1) is 17.9. The molecule has 2 aliphatic rings. The molecule has 0 aliphatic heterocycles. The first-order valence-electron chi connectivity index (χ1n) is 13.1. The van der Waals surface area contributed by atoms with Crippen molar-refractivity contribution in [1.82, 2.24) is 15.0 Å². The zero-order valence-corrected chi connectivity index (χ0v) is 22.3. The molecule has 2 heterocycles. The molecule has 0 spiro atoms. The Morgan fingerprint density at radius 3 is 2.86 bits per heavy atom. The fraction of sp³-hybridized carbons (Fsp3) is 0.654. The highest BCUT2D eigenvalue weighted by molar-refractivity contribution is 7.99. The van der Waals surface area contributed by atoms with Crippen molar-refractivity contribution >= 4 is 23.3 Å². The monoisotopic (exact) mass is 530 g/mol. The molecular formula is C26H38N6O4S. The second kappa shape index (κ2) is 12.6. The van der Waals surface area contributed by atoms with Crippen molar-refractivity contribution in [1.29, 1.82) is 5.53 Å².